The molecule has 0 bridgehead atoms. The minimum Gasteiger partial charge on any atom is -0.318 e. The van der Waals surface area contributed by atoms with Crippen LogP contribution in [0.25, 0.3) is 0 Å². The molecule has 0 aliphatic carbocycles. The van der Waals surface area contributed by atoms with E-state index in [4.69, 9.17) is 34.8 Å². The van der Waals surface area contributed by atoms with Gasteiger partial charge in [0.15, 0.2) is 0 Å². The van der Waals surface area contributed by atoms with Crippen molar-refractivity contribution in [3.05, 3.63) is 51.0 Å². The molecule has 2 aromatic carbocycles. The van der Waals surface area contributed by atoms with Crippen molar-refractivity contribution in [3.63, 3.8) is 0 Å². The summed E-state index contributed by atoms with van der Waals surface area (Å²) in [5.74, 6) is -1.21. The zero-order valence-corrected chi connectivity index (χ0v) is 13.3. The molecule has 0 saturated carbocycles. The molecule has 7 heteroatoms. The first-order valence-electron chi connectivity index (χ1n) is 5.78. The van der Waals surface area contributed by atoms with Gasteiger partial charge in [-0.2, -0.15) is 0 Å². The Morgan fingerprint density at radius 1 is 0.905 bits per heavy atom. The number of benzene rings is 2. The van der Waals surface area contributed by atoms with Gasteiger partial charge in [-0.15, -0.1) is 0 Å². The summed E-state index contributed by atoms with van der Waals surface area (Å²) < 4.78 is 0. The molecule has 0 saturated heterocycles. The van der Waals surface area contributed by atoms with E-state index < -0.39 is 11.7 Å². The molecule has 0 fully saturated rings. The van der Waals surface area contributed by atoms with Gasteiger partial charge >= 0.3 is 0 Å². The Bertz CT molecular complexity index is 792. The molecule has 1 N–H and O–H groups in total. The maximum absolute atomic E-state index is 11.6. The fourth-order valence-corrected chi connectivity index (χ4v) is 3.43. The second-order valence-electron chi connectivity index (χ2n) is 4.29. The lowest BCUT2D eigenvalue weighted by Gasteiger charge is -2.07. The molecule has 1 aliphatic heterocycles. The van der Waals surface area contributed by atoms with Gasteiger partial charge in [0.25, 0.3) is 11.7 Å². The minimum atomic E-state index is -0.641. The van der Waals surface area contributed by atoms with Crippen LogP contribution in [0.2, 0.25) is 15.1 Å². The third kappa shape index (κ3) is 2.77. The summed E-state index contributed by atoms with van der Waals surface area (Å²) in [4.78, 5) is 24.5. The van der Waals surface area contributed by atoms with Crippen LogP contribution in [-0.2, 0) is 4.79 Å². The highest BCUT2D eigenvalue weighted by atomic mass is 35.5. The number of halogens is 3. The SMILES string of the molecule is O=C1Nc2cc(Sc3ccc(Cl)c(Cl)c3)c(Cl)cc2C1=O. The van der Waals surface area contributed by atoms with Crippen molar-refractivity contribution in [2.24, 2.45) is 0 Å². The summed E-state index contributed by atoms with van der Waals surface area (Å²) in [6.07, 6.45) is 0. The average Bonchev–Trinajstić information content (AvgIpc) is 2.70. The average molecular weight is 359 g/mol. The van der Waals surface area contributed by atoms with E-state index >= 15 is 0 Å². The van der Waals surface area contributed by atoms with E-state index in [0.717, 1.165) is 4.90 Å². The first-order chi connectivity index (χ1) is 9.95. The van der Waals surface area contributed by atoms with E-state index in [9.17, 15) is 9.59 Å². The van der Waals surface area contributed by atoms with Crippen LogP contribution in [0.3, 0.4) is 0 Å². The first-order valence-corrected chi connectivity index (χ1v) is 7.73. The maximum atomic E-state index is 11.6. The summed E-state index contributed by atoms with van der Waals surface area (Å²) in [5.41, 5.74) is 0.764. The van der Waals surface area contributed by atoms with Crippen LogP contribution in [0, 0.1) is 0 Å². The van der Waals surface area contributed by atoms with Gasteiger partial charge in [-0.05, 0) is 30.3 Å². The summed E-state index contributed by atoms with van der Waals surface area (Å²) in [5, 5.41) is 3.83. The molecule has 0 spiro atoms. The third-order valence-electron chi connectivity index (χ3n) is 2.89. The van der Waals surface area contributed by atoms with Gasteiger partial charge in [0.2, 0.25) is 0 Å². The van der Waals surface area contributed by atoms with Gasteiger partial charge < -0.3 is 5.32 Å². The number of carbonyl (C=O) groups is 2. The summed E-state index contributed by atoms with van der Waals surface area (Å²) in [7, 11) is 0. The van der Waals surface area contributed by atoms with E-state index in [0.29, 0.717) is 31.2 Å². The molecule has 1 aliphatic rings. The number of amides is 1. The topological polar surface area (TPSA) is 46.2 Å². The van der Waals surface area contributed by atoms with Crippen molar-refractivity contribution in [1.82, 2.24) is 0 Å². The standard InChI is InChI=1S/C14H6Cl3NO2S/c15-8-2-1-6(3-9(8)16)21-12-5-11-7(4-10(12)17)13(19)14(20)18-11/h1-5H,(H,18,19,20). The van der Waals surface area contributed by atoms with Crippen molar-refractivity contribution in [2.45, 2.75) is 9.79 Å². The predicted molar refractivity (Wildman–Crippen MR) is 85.0 cm³/mol. The van der Waals surface area contributed by atoms with Crippen LogP contribution in [-0.4, -0.2) is 11.7 Å². The largest absolute Gasteiger partial charge is 0.318 e. The van der Waals surface area contributed by atoms with Gasteiger partial charge in [0.05, 0.1) is 26.3 Å². The summed E-state index contributed by atoms with van der Waals surface area (Å²) in [6.45, 7) is 0. The Labute approximate surface area is 139 Å². The Morgan fingerprint density at radius 3 is 2.38 bits per heavy atom. The lowest BCUT2D eigenvalue weighted by atomic mass is 10.1. The van der Waals surface area contributed by atoms with Gasteiger partial charge in [-0.1, -0.05) is 46.6 Å². The molecule has 1 amide bonds. The van der Waals surface area contributed by atoms with Gasteiger partial charge in [0.1, 0.15) is 0 Å². The number of carbonyl (C=O) groups excluding carboxylic acids is 2. The number of rotatable bonds is 2. The van der Waals surface area contributed by atoms with E-state index in [-0.39, 0.29) is 0 Å². The van der Waals surface area contributed by atoms with Crippen molar-refractivity contribution in [1.29, 1.82) is 0 Å². The third-order valence-corrected chi connectivity index (χ3v) is 5.10. The van der Waals surface area contributed by atoms with Crippen molar-refractivity contribution >= 4 is 63.9 Å². The molecule has 3 rings (SSSR count). The molecule has 0 radical (unpaired) electrons. The predicted octanol–water partition coefficient (Wildman–Crippen LogP) is 4.93. The van der Waals surface area contributed by atoms with E-state index in [1.54, 1.807) is 18.2 Å². The zero-order chi connectivity index (χ0) is 15.1. The zero-order valence-electron chi connectivity index (χ0n) is 10.2. The molecule has 3 nitrogen and oxygen atoms in total. The number of fused-ring (bicyclic) bond motifs is 1. The molecule has 0 unspecified atom stereocenters. The van der Waals surface area contributed by atoms with Crippen LogP contribution in [0.1, 0.15) is 10.4 Å². The molecule has 0 aromatic heterocycles. The van der Waals surface area contributed by atoms with Crippen molar-refractivity contribution in [2.75, 3.05) is 5.32 Å². The van der Waals surface area contributed by atoms with Crippen molar-refractivity contribution < 1.29 is 9.59 Å². The fourth-order valence-electron chi connectivity index (χ4n) is 1.89. The molecular formula is C14H6Cl3NO2S. The number of nitrogens with one attached hydrogen (secondary N) is 1. The van der Waals surface area contributed by atoms with Crippen LogP contribution in [0.5, 0.6) is 0 Å². The molecule has 106 valence electrons. The molecule has 1 heterocycles. The van der Waals surface area contributed by atoms with Gasteiger partial charge in [0, 0.05) is 9.79 Å². The quantitative estimate of drug-likeness (QED) is 0.774. The number of ketones is 1. The van der Waals surface area contributed by atoms with Gasteiger partial charge in [-0.25, -0.2) is 0 Å². The molecule has 0 atom stereocenters. The van der Waals surface area contributed by atoms with Crippen LogP contribution in [0.4, 0.5) is 5.69 Å². The van der Waals surface area contributed by atoms with Crippen LogP contribution < -0.4 is 5.32 Å². The summed E-state index contributed by atoms with van der Waals surface area (Å²) in [6, 6.07) is 8.40. The highest BCUT2D eigenvalue weighted by Crippen LogP contribution is 2.39. The lowest BCUT2D eigenvalue weighted by molar-refractivity contribution is -0.112. The Kier molecular flexibility index (Phi) is 3.88. The van der Waals surface area contributed by atoms with E-state index in [2.05, 4.69) is 5.32 Å². The molecule has 2 aromatic rings. The highest BCUT2D eigenvalue weighted by molar-refractivity contribution is 7.99. The monoisotopic (exact) mass is 357 g/mol. The first kappa shape index (κ1) is 14.7. The van der Waals surface area contributed by atoms with Crippen molar-refractivity contribution in [3.8, 4) is 0 Å². The highest BCUT2D eigenvalue weighted by Gasteiger charge is 2.29. The van der Waals surface area contributed by atoms with Crippen LogP contribution >= 0.6 is 46.6 Å². The Morgan fingerprint density at radius 2 is 1.67 bits per heavy atom. The second kappa shape index (κ2) is 5.54. The number of Topliss-reactive ketones (excluding diaryl/α,β-unsaturated/α-hetero) is 1. The van der Waals surface area contributed by atoms with Gasteiger partial charge in [-0.3, -0.25) is 9.59 Å². The van der Waals surface area contributed by atoms with E-state index in [1.807, 2.05) is 6.07 Å². The fraction of sp³-hybridized carbons (Fsp3) is 0. The smallest absolute Gasteiger partial charge is 0.296 e. The lowest BCUT2D eigenvalue weighted by Crippen LogP contribution is -2.12. The number of anilines is 1. The minimum absolute atomic E-state index is 0.295. The molecule has 21 heavy (non-hydrogen) atoms. The summed E-state index contributed by atoms with van der Waals surface area (Å²) >= 11 is 19.4. The Balaban J connectivity index is 1.97. The molecular weight excluding hydrogens is 353 g/mol. The number of hydrogen-bond acceptors (Lipinski definition) is 3. The second-order valence-corrected chi connectivity index (χ2v) is 6.63. The van der Waals surface area contributed by atoms with E-state index in [1.165, 1.54) is 17.8 Å². The van der Waals surface area contributed by atoms with Crippen LogP contribution in [0.15, 0.2) is 40.1 Å². The Hall–Kier alpha value is -1.20. The number of hydrogen-bond donors (Lipinski definition) is 1. The normalized spacial score (nSPS) is 13.3. The maximum Gasteiger partial charge on any atom is 0.296 e.